The van der Waals surface area contributed by atoms with E-state index in [1.54, 1.807) is 0 Å². The SMILES string of the molecule is COC(=O)[C@H](COc1cc2nc(C3CC3)oc2cc1[N+](=O)[O-])NC(c1ccccc1)(c1ccccc1)c1ccccc1. The minimum absolute atomic E-state index is 0.0106. The van der Waals surface area contributed by atoms with Crippen molar-refractivity contribution in [3.8, 4) is 5.75 Å². The molecule has 9 heteroatoms. The average molecular weight is 564 g/mol. The van der Waals surface area contributed by atoms with Gasteiger partial charge in [-0.1, -0.05) is 91.0 Å². The maximum absolute atomic E-state index is 13.3. The largest absolute Gasteiger partial charge is 0.484 e. The molecule has 1 saturated carbocycles. The van der Waals surface area contributed by atoms with Gasteiger partial charge in [0.25, 0.3) is 0 Å². The molecule has 0 aliphatic heterocycles. The molecule has 1 heterocycles. The molecule has 0 unspecified atom stereocenters. The molecule has 1 fully saturated rings. The summed E-state index contributed by atoms with van der Waals surface area (Å²) in [7, 11) is 1.30. The van der Waals surface area contributed by atoms with E-state index in [0.717, 1.165) is 29.5 Å². The van der Waals surface area contributed by atoms with Crippen LogP contribution in [0.5, 0.6) is 5.75 Å². The number of carbonyl (C=O) groups is 1. The average Bonchev–Trinajstić information content (AvgIpc) is 3.81. The van der Waals surface area contributed by atoms with Crippen molar-refractivity contribution in [3.05, 3.63) is 136 Å². The summed E-state index contributed by atoms with van der Waals surface area (Å²) in [6.07, 6.45) is 1.97. The number of rotatable bonds is 11. The third-order valence-electron chi connectivity index (χ3n) is 7.51. The molecule has 5 aromatic rings. The Morgan fingerprint density at radius 3 is 2.00 bits per heavy atom. The summed E-state index contributed by atoms with van der Waals surface area (Å²) in [5.41, 5.74) is 2.19. The summed E-state index contributed by atoms with van der Waals surface area (Å²) in [5.74, 6) is 0.228. The quantitative estimate of drug-likeness (QED) is 0.0885. The van der Waals surface area contributed by atoms with Gasteiger partial charge >= 0.3 is 11.7 Å². The van der Waals surface area contributed by atoms with E-state index >= 15 is 0 Å². The number of nitro groups is 1. The minimum atomic E-state index is -1.02. The molecular weight excluding hydrogens is 534 g/mol. The lowest BCUT2D eigenvalue weighted by atomic mass is 9.76. The van der Waals surface area contributed by atoms with E-state index in [2.05, 4.69) is 10.3 Å². The molecule has 6 rings (SSSR count). The molecule has 1 N–H and O–H groups in total. The van der Waals surface area contributed by atoms with E-state index in [0.29, 0.717) is 17.0 Å². The van der Waals surface area contributed by atoms with Gasteiger partial charge in [0.2, 0.25) is 0 Å². The second kappa shape index (κ2) is 11.5. The van der Waals surface area contributed by atoms with Crippen LogP contribution in [0, 0.1) is 10.1 Å². The molecule has 1 aliphatic carbocycles. The fraction of sp³-hybridized carbons (Fsp3) is 0.212. The van der Waals surface area contributed by atoms with Crippen LogP contribution in [-0.4, -0.2) is 35.6 Å². The number of methoxy groups -OCH3 is 1. The van der Waals surface area contributed by atoms with Crippen molar-refractivity contribution in [2.24, 2.45) is 0 Å². The van der Waals surface area contributed by atoms with E-state index in [1.807, 2.05) is 91.0 Å². The van der Waals surface area contributed by atoms with Crippen LogP contribution in [0.2, 0.25) is 0 Å². The smallest absolute Gasteiger partial charge is 0.326 e. The van der Waals surface area contributed by atoms with Gasteiger partial charge in [0.05, 0.1) is 23.6 Å². The highest BCUT2D eigenvalue weighted by atomic mass is 16.6. The normalized spacial score (nSPS) is 13.9. The van der Waals surface area contributed by atoms with Crippen molar-refractivity contribution in [1.29, 1.82) is 0 Å². The van der Waals surface area contributed by atoms with Gasteiger partial charge in [-0.3, -0.25) is 20.2 Å². The summed E-state index contributed by atoms with van der Waals surface area (Å²) in [6, 6.07) is 31.2. The number of nitrogens with one attached hydrogen (secondary N) is 1. The third kappa shape index (κ3) is 5.22. The third-order valence-corrected chi connectivity index (χ3v) is 7.51. The Labute approximate surface area is 242 Å². The van der Waals surface area contributed by atoms with E-state index in [1.165, 1.54) is 19.2 Å². The Bertz CT molecular complexity index is 1610. The molecule has 0 saturated heterocycles. The fourth-order valence-corrected chi connectivity index (χ4v) is 5.28. The molecular formula is C33H29N3O6. The van der Waals surface area contributed by atoms with Gasteiger partial charge in [0, 0.05) is 12.0 Å². The van der Waals surface area contributed by atoms with Gasteiger partial charge in [-0.05, 0) is 29.5 Å². The van der Waals surface area contributed by atoms with Gasteiger partial charge in [0.15, 0.2) is 17.2 Å². The Balaban J connectivity index is 1.41. The Morgan fingerprint density at radius 1 is 0.976 bits per heavy atom. The van der Waals surface area contributed by atoms with Gasteiger partial charge in [-0.15, -0.1) is 0 Å². The lowest BCUT2D eigenvalue weighted by Gasteiger charge is -2.39. The lowest BCUT2D eigenvalue weighted by Crippen LogP contribution is -2.55. The molecule has 42 heavy (non-hydrogen) atoms. The van der Waals surface area contributed by atoms with Crippen molar-refractivity contribution in [2.45, 2.75) is 30.3 Å². The second-order valence-electron chi connectivity index (χ2n) is 10.3. The molecule has 212 valence electrons. The number of aromatic nitrogens is 1. The van der Waals surface area contributed by atoms with Crippen molar-refractivity contribution in [3.63, 3.8) is 0 Å². The van der Waals surface area contributed by atoms with Crippen molar-refractivity contribution in [1.82, 2.24) is 10.3 Å². The highest BCUT2D eigenvalue weighted by Crippen LogP contribution is 2.42. The van der Waals surface area contributed by atoms with E-state index in [-0.39, 0.29) is 24.0 Å². The predicted octanol–water partition coefficient (Wildman–Crippen LogP) is 6.12. The Morgan fingerprint density at radius 2 is 1.52 bits per heavy atom. The molecule has 1 aromatic heterocycles. The monoisotopic (exact) mass is 563 g/mol. The van der Waals surface area contributed by atoms with Gasteiger partial charge in [-0.2, -0.15) is 0 Å². The molecule has 9 nitrogen and oxygen atoms in total. The number of benzene rings is 4. The van der Waals surface area contributed by atoms with Crippen LogP contribution in [0.25, 0.3) is 11.1 Å². The Kier molecular flexibility index (Phi) is 7.41. The first-order chi connectivity index (χ1) is 20.5. The van der Waals surface area contributed by atoms with Crippen LogP contribution in [0.15, 0.2) is 108 Å². The van der Waals surface area contributed by atoms with Gasteiger partial charge in [0.1, 0.15) is 18.2 Å². The number of oxazole rings is 1. The topological polar surface area (TPSA) is 117 Å². The summed E-state index contributed by atoms with van der Waals surface area (Å²) in [6.45, 7) is -0.249. The molecule has 1 atom stereocenters. The van der Waals surface area contributed by atoms with Gasteiger partial charge < -0.3 is 13.9 Å². The number of nitrogens with zero attached hydrogens (tertiary/aromatic N) is 2. The standard InChI is InChI=1S/C33H29N3O6/c1-40-32(37)27(21-41-30-19-26-29(20-28(30)36(38)39)42-31(34-26)22-17-18-22)35-33(23-11-5-2-6-12-23,24-13-7-3-8-14-24)25-15-9-4-10-16-25/h2-16,19-20,22,27,35H,17-18,21H2,1H3/t27-/m0/s1. The molecule has 1 aliphatic rings. The first kappa shape index (κ1) is 27.2. The van der Waals surface area contributed by atoms with Crippen LogP contribution in [0.4, 0.5) is 5.69 Å². The number of ether oxygens (including phenoxy) is 2. The Hall–Kier alpha value is -5.02. The number of hydrogen-bond acceptors (Lipinski definition) is 8. The van der Waals surface area contributed by atoms with Crippen molar-refractivity contribution in [2.75, 3.05) is 13.7 Å². The van der Waals surface area contributed by atoms with Crippen LogP contribution in [-0.2, 0) is 15.1 Å². The van der Waals surface area contributed by atoms with Gasteiger partial charge in [-0.25, -0.2) is 4.98 Å². The minimum Gasteiger partial charge on any atom is -0.484 e. The zero-order valence-electron chi connectivity index (χ0n) is 22.9. The number of fused-ring (bicyclic) bond motifs is 1. The van der Waals surface area contributed by atoms with E-state index in [9.17, 15) is 14.9 Å². The first-order valence-electron chi connectivity index (χ1n) is 13.7. The lowest BCUT2D eigenvalue weighted by molar-refractivity contribution is -0.385. The summed E-state index contributed by atoms with van der Waals surface area (Å²) in [4.78, 5) is 29.3. The summed E-state index contributed by atoms with van der Waals surface area (Å²) in [5, 5.41) is 15.5. The van der Waals surface area contributed by atoms with E-state index < -0.39 is 22.5 Å². The maximum Gasteiger partial charge on any atom is 0.326 e. The number of hydrogen-bond donors (Lipinski definition) is 1. The molecule has 0 amide bonds. The zero-order chi connectivity index (χ0) is 29.1. The van der Waals surface area contributed by atoms with Crippen LogP contribution in [0.1, 0.15) is 41.3 Å². The van der Waals surface area contributed by atoms with Crippen molar-refractivity contribution >= 4 is 22.8 Å². The first-order valence-corrected chi connectivity index (χ1v) is 13.7. The highest BCUT2D eigenvalue weighted by molar-refractivity contribution is 5.80. The highest BCUT2D eigenvalue weighted by Gasteiger charge is 2.40. The van der Waals surface area contributed by atoms with Crippen LogP contribution in [0.3, 0.4) is 0 Å². The number of esters is 1. The molecule has 0 radical (unpaired) electrons. The second-order valence-corrected chi connectivity index (χ2v) is 10.3. The maximum atomic E-state index is 13.3. The molecule has 0 bridgehead atoms. The summed E-state index contributed by atoms with van der Waals surface area (Å²) >= 11 is 0. The summed E-state index contributed by atoms with van der Waals surface area (Å²) < 4.78 is 17.0. The molecule has 4 aromatic carbocycles. The van der Waals surface area contributed by atoms with Crippen molar-refractivity contribution < 1.29 is 23.6 Å². The van der Waals surface area contributed by atoms with Crippen LogP contribution >= 0.6 is 0 Å². The van der Waals surface area contributed by atoms with E-state index in [4.69, 9.17) is 13.9 Å². The number of carbonyl (C=O) groups excluding carboxylic acids is 1. The molecule has 0 spiro atoms. The zero-order valence-corrected chi connectivity index (χ0v) is 22.9. The predicted molar refractivity (Wildman–Crippen MR) is 156 cm³/mol. The number of nitro benzene ring substituents is 1. The fourth-order valence-electron chi connectivity index (χ4n) is 5.28. The van der Waals surface area contributed by atoms with Crippen LogP contribution < -0.4 is 10.1 Å².